The number of aliphatic hydroxyl groups is 1. The quantitative estimate of drug-likeness (QED) is 0.865. The van der Waals surface area contributed by atoms with Crippen molar-refractivity contribution in [2.75, 3.05) is 0 Å². The third-order valence-corrected chi connectivity index (χ3v) is 2.55. The highest BCUT2D eigenvalue weighted by Crippen LogP contribution is 2.32. The summed E-state index contributed by atoms with van der Waals surface area (Å²) in [6, 6.07) is 4.54. The van der Waals surface area contributed by atoms with Crippen LogP contribution in [-0.2, 0) is 10.4 Å². The van der Waals surface area contributed by atoms with Gasteiger partial charge in [-0.2, -0.15) is 0 Å². The topological polar surface area (TPSA) is 57.5 Å². The molecule has 0 aliphatic heterocycles. The zero-order valence-corrected chi connectivity index (χ0v) is 9.51. The fourth-order valence-corrected chi connectivity index (χ4v) is 1.93. The van der Waals surface area contributed by atoms with Gasteiger partial charge in [-0.05, 0) is 19.1 Å². The van der Waals surface area contributed by atoms with E-state index >= 15 is 0 Å². The van der Waals surface area contributed by atoms with Crippen LogP contribution in [0.15, 0.2) is 18.2 Å². The number of benzene rings is 1. The highest BCUT2D eigenvalue weighted by Gasteiger charge is 2.28. The molecule has 82 valence electrons. The SMILES string of the molecule is CC(O)(CC(=O)O)c1ccc(Cl)cc1Cl. The third kappa shape index (κ3) is 3.09. The first kappa shape index (κ1) is 12.3. The van der Waals surface area contributed by atoms with E-state index in [-0.39, 0.29) is 5.02 Å². The van der Waals surface area contributed by atoms with E-state index in [4.69, 9.17) is 28.3 Å². The lowest BCUT2D eigenvalue weighted by Crippen LogP contribution is -2.25. The molecule has 0 saturated heterocycles. The summed E-state index contributed by atoms with van der Waals surface area (Å²) in [5.74, 6) is -1.09. The minimum atomic E-state index is -1.49. The Morgan fingerprint density at radius 1 is 1.47 bits per heavy atom. The van der Waals surface area contributed by atoms with Crippen molar-refractivity contribution in [2.45, 2.75) is 18.9 Å². The minimum absolute atomic E-state index is 0.258. The summed E-state index contributed by atoms with van der Waals surface area (Å²) < 4.78 is 0. The molecule has 2 N–H and O–H groups in total. The van der Waals surface area contributed by atoms with E-state index in [1.54, 1.807) is 6.07 Å². The van der Waals surface area contributed by atoms with Gasteiger partial charge in [0.1, 0.15) is 0 Å². The van der Waals surface area contributed by atoms with E-state index in [0.29, 0.717) is 10.6 Å². The Morgan fingerprint density at radius 2 is 2.07 bits per heavy atom. The standard InChI is InChI=1S/C10H10Cl2O3/c1-10(15,5-9(13)14)7-3-2-6(11)4-8(7)12/h2-4,15H,5H2,1H3,(H,13,14). The summed E-state index contributed by atoms with van der Waals surface area (Å²) in [5, 5.41) is 19.2. The maximum absolute atomic E-state index is 10.5. The number of carboxylic acid groups (broad SMARTS) is 1. The van der Waals surface area contributed by atoms with Crippen LogP contribution in [0.5, 0.6) is 0 Å². The predicted octanol–water partition coefficient (Wildman–Crippen LogP) is 2.68. The molecule has 1 atom stereocenters. The average Bonchev–Trinajstić information content (AvgIpc) is 1.99. The lowest BCUT2D eigenvalue weighted by molar-refractivity contribution is -0.142. The molecular weight excluding hydrogens is 239 g/mol. The Kier molecular flexibility index (Phi) is 3.60. The molecule has 0 heterocycles. The summed E-state index contributed by atoms with van der Waals surface area (Å²) >= 11 is 11.6. The summed E-state index contributed by atoms with van der Waals surface area (Å²) in [7, 11) is 0. The van der Waals surface area contributed by atoms with Gasteiger partial charge < -0.3 is 10.2 Å². The number of aliphatic carboxylic acids is 1. The van der Waals surface area contributed by atoms with Crippen molar-refractivity contribution in [3.63, 3.8) is 0 Å². The Morgan fingerprint density at radius 3 is 2.53 bits per heavy atom. The summed E-state index contributed by atoms with van der Waals surface area (Å²) in [6.45, 7) is 1.40. The van der Waals surface area contributed by atoms with E-state index in [1.165, 1.54) is 19.1 Å². The first-order valence-corrected chi connectivity index (χ1v) is 4.98. The van der Waals surface area contributed by atoms with Crippen LogP contribution in [0.3, 0.4) is 0 Å². The molecule has 1 aromatic rings. The molecule has 3 nitrogen and oxygen atoms in total. The summed E-state index contributed by atoms with van der Waals surface area (Å²) in [5.41, 5.74) is -1.14. The summed E-state index contributed by atoms with van der Waals surface area (Å²) in [6.07, 6.45) is -0.408. The van der Waals surface area contributed by atoms with Crippen LogP contribution in [0.25, 0.3) is 0 Å². The van der Waals surface area contributed by atoms with Crippen molar-refractivity contribution in [1.29, 1.82) is 0 Å². The molecule has 0 saturated carbocycles. The first-order chi connectivity index (χ1) is 6.83. The van der Waals surface area contributed by atoms with Gasteiger partial charge in [-0.25, -0.2) is 0 Å². The van der Waals surface area contributed by atoms with E-state index in [1.807, 2.05) is 0 Å². The molecule has 1 aromatic carbocycles. The zero-order chi connectivity index (χ0) is 11.6. The molecule has 0 spiro atoms. The second-order valence-corrected chi connectivity index (χ2v) is 4.31. The van der Waals surface area contributed by atoms with Crippen LogP contribution in [0.1, 0.15) is 18.9 Å². The first-order valence-electron chi connectivity index (χ1n) is 4.22. The number of hydrogen-bond donors (Lipinski definition) is 2. The van der Waals surface area contributed by atoms with Crippen molar-refractivity contribution in [3.05, 3.63) is 33.8 Å². The van der Waals surface area contributed by atoms with Gasteiger partial charge in [0.05, 0.1) is 12.0 Å². The van der Waals surface area contributed by atoms with Crippen LogP contribution >= 0.6 is 23.2 Å². The molecule has 5 heteroatoms. The Balaban J connectivity index is 3.09. The number of halogens is 2. The Bertz CT molecular complexity index is 388. The van der Waals surface area contributed by atoms with Crippen molar-refractivity contribution >= 4 is 29.2 Å². The number of rotatable bonds is 3. The van der Waals surface area contributed by atoms with E-state index < -0.39 is 18.0 Å². The van der Waals surface area contributed by atoms with Gasteiger partial charge in [-0.15, -0.1) is 0 Å². The summed E-state index contributed by atoms with van der Waals surface area (Å²) in [4.78, 5) is 10.5. The predicted molar refractivity (Wildman–Crippen MR) is 58.3 cm³/mol. The Labute approximate surface area is 97.2 Å². The second kappa shape index (κ2) is 4.39. The fraction of sp³-hybridized carbons (Fsp3) is 0.300. The van der Waals surface area contributed by atoms with Crippen LogP contribution in [0.4, 0.5) is 0 Å². The molecular formula is C10H10Cl2O3. The second-order valence-electron chi connectivity index (χ2n) is 3.47. The lowest BCUT2D eigenvalue weighted by Gasteiger charge is -2.22. The van der Waals surface area contributed by atoms with Crippen molar-refractivity contribution in [2.24, 2.45) is 0 Å². The van der Waals surface area contributed by atoms with Gasteiger partial charge in [-0.1, -0.05) is 29.3 Å². The van der Waals surface area contributed by atoms with Crippen LogP contribution in [0, 0.1) is 0 Å². The fourth-order valence-electron chi connectivity index (χ4n) is 1.32. The number of carboxylic acids is 1. The normalized spacial score (nSPS) is 14.7. The number of hydrogen-bond acceptors (Lipinski definition) is 2. The molecule has 1 unspecified atom stereocenters. The van der Waals surface area contributed by atoms with E-state index in [0.717, 1.165) is 0 Å². The minimum Gasteiger partial charge on any atom is -0.481 e. The Hall–Kier alpha value is -0.770. The molecule has 0 aliphatic rings. The van der Waals surface area contributed by atoms with Crippen LogP contribution < -0.4 is 0 Å². The van der Waals surface area contributed by atoms with Crippen molar-refractivity contribution in [1.82, 2.24) is 0 Å². The largest absolute Gasteiger partial charge is 0.481 e. The van der Waals surface area contributed by atoms with Gasteiger partial charge in [-0.3, -0.25) is 4.79 Å². The van der Waals surface area contributed by atoms with Crippen molar-refractivity contribution in [3.8, 4) is 0 Å². The maximum atomic E-state index is 10.5. The zero-order valence-electron chi connectivity index (χ0n) is 8.00. The van der Waals surface area contributed by atoms with E-state index in [9.17, 15) is 9.90 Å². The monoisotopic (exact) mass is 248 g/mol. The van der Waals surface area contributed by atoms with Gasteiger partial charge in [0, 0.05) is 15.6 Å². The lowest BCUT2D eigenvalue weighted by atomic mass is 9.92. The highest BCUT2D eigenvalue weighted by molar-refractivity contribution is 6.35. The van der Waals surface area contributed by atoms with Crippen molar-refractivity contribution < 1.29 is 15.0 Å². The highest BCUT2D eigenvalue weighted by atomic mass is 35.5. The maximum Gasteiger partial charge on any atom is 0.306 e. The third-order valence-electron chi connectivity index (χ3n) is 2.01. The van der Waals surface area contributed by atoms with Gasteiger partial charge in [0.15, 0.2) is 0 Å². The molecule has 0 amide bonds. The van der Waals surface area contributed by atoms with Crippen LogP contribution in [-0.4, -0.2) is 16.2 Å². The smallest absolute Gasteiger partial charge is 0.306 e. The molecule has 0 fully saturated rings. The molecule has 0 bridgehead atoms. The van der Waals surface area contributed by atoms with Gasteiger partial charge in [0.25, 0.3) is 0 Å². The van der Waals surface area contributed by atoms with Gasteiger partial charge in [0.2, 0.25) is 0 Å². The van der Waals surface area contributed by atoms with E-state index in [2.05, 4.69) is 0 Å². The van der Waals surface area contributed by atoms with Crippen LogP contribution in [0.2, 0.25) is 10.0 Å². The molecule has 0 aliphatic carbocycles. The number of carbonyl (C=O) groups is 1. The molecule has 0 radical (unpaired) electrons. The molecule has 0 aromatic heterocycles. The molecule has 15 heavy (non-hydrogen) atoms. The van der Waals surface area contributed by atoms with Gasteiger partial charge >= 0.3 is 5.97 Å². The average molecular weight is 249 g/mol. The molecule has 1 rings (SSSR count).